The van der Waals surface area contributed by atoms with E-state index in [1.54, 1.807) is 31.3 Å². The number of hydrogen-bond acceptors (Lipinski definition) is 3. The van der Waals surface area contributed by atoms with Crippen molar-refractivity contribution < 1.29 is 13.2 Å². The van der Waals surface area contributed by atoms with E-state index in [2.05, 4.69) is 12.2 Å². The number of carbonyl (C=O) groups is 1. The fourth-order valence-corrected chi connectivity index (χ4v) is 5.05. The summed E-state index contributed by atoms with van der Waals surface area (Å²) in [4.78, 5) is 12.3. The number of sulfonamides is 1. The topological polar surface area (TPSA) is 66.5 Å². The van der Waals surface area contributed by atoms with Crippen LogP contribution in [0.3, 0.4) is 0 Å². The van der Waals surface area contributed by atoms with Gasteiger partial charge in [-0.15, -0.1) is 0 Å². The number of hydrogen-bond donors (Lipinski definition) is 1. The fourth-order valence-electron chi connectivity index (χ4n) is 3.63. The molecule has 2 rings (SSSR count). The Morgan fingerprint density at radius 1 is 1.04 bits per heavy atom. The maximum atomic E-state index is 12.8. The molecule has 1 fully saturated rings. The van der Waals surface area contributed by atoms with E-state index >= 15 is 0 Å². The SMILES string of the molecule is CCCCCCCC(=O)Nc1ccc(S(=O)(=O)N(C)C2CCCCC2)cc1. The third-order valence-corrected chi connectivity index (χ3v) is 7.34. The van der Waals surface area contributed by atoms with E-state index < -0.39 is 10.0 Å². The van der Waals surface area contributed by atoms with Crippen molar-refractivity contribution in [1.29, 1.82) is 0 Å². The van der Waals surface area contributed by atoms with Crippen molar-refractivity contribution in [3.8, 4) is 0 Å². The van der Waals surface area contributed by atoms with E-state index in [1.807, 2.05) is 0 Å². The minimum atomic E-state index is -3.49. The van der Waals surface area contributed by atoms with Crippen LogP contribution in [0.4, 0.5) is 5.69 Å². The predicted molar refractivity (Wildman–Crippen MR) is 110 cm³/mol. The summed E-state index contributed by atoms with van der Waals surface area (Å²) >= 11 is 0. The Morgan fingerprint density at radius 2 is 1.67 bits per heavy atom. The lowest BCUT2D eigenvalue weighted by atomic mass is 9.96. The maximum Gasteiger partial charge on any atom is 0.243 e. The van der Waals surface area contributed by atoms with Gasteiger partial charge in [-0.25, -0.2) is 8.42 Å². The first-order valence-corrected chi connectivity index (χ1v) is 11.8. The van der Waals surface area contributed by atoms with Gasteiger partial charge in [0, 0.05) is 25.2 Å². The van der Waals surface area contributed by atoms with Crippen molar-refractivity contribution >= 4 is 21.6 Å². The van der Waals surface area contributed by atoms with E-state index in [4.69, 9.17) is 0 Å². The van der Waals surface area contributed by atoms with Gasteiger partial charge < -0.3 is 5.32 Å². The molecule has 1 amide bonds. The number of rotatable bonds is 10. The first-order valence-electron chi connectivity index (χ1n) is 10.3. The Labute approximate surface area is 164 Å². The summed E-state index contributed by atoms with van der Waals surface area (Å²) in [6, 6.07) is 6.63. The van der Waals surface area contributed by atoms with Crippen molar-refractivity contribution in [1.82, 2.24) is 4.31 Å². The molecular formula is C21H34N2O3S. The molecular weight excluding hydrogens is 360 g/mol. The molecule has 5 nitrogen and oxygen atoms in total. The van der Waals surface area contributed by atoms with Gasteiger partial charge in [0.05, 0.1) is 4.90 Å². The molecule has 1 aliphatic rings. The number of nitrogens with one attached hydrogen (secondary N) is 1. The summed E-state index contributed by atoms with van der Waals surface area (Å²) < 4.78 is 27.2. The standard InChI is InChI=1S/C21H34N2O3S/c1-3-4-5-6-10-13-21(24)22-18-14-16-20(17-15-18)27(25,26)23(2)19-11-8-7-9-12-19/h14-17,19H,3-13H2,1-2H3,(H,22,24). The third kappa shape index (κ3) is 6.61. The highest BCUT2D eigenvalue weighted by Gasteiger charge is 2.28. The van der Waals surface area contributed by atoms with Crippen LogP contribution in [-0.4, -0.2) is 31.7 Å². The zero-order valence-electron chi connectivity index (χ0n) is 16.7. The first kappa shape index (κ1) is 21.9. The highest BCUT2D eigenvalue weighted by atomic mass is 32.2. The maximum absolute atomic E-state index is 12.8. The molecule has 1 aliphatic carbocycles. The molecule has 0 aromatic heterocycles. The van der Waals surface area contributed by atoms with Gasteiger partial charge in [0.15, 0.2) is 0 Å². The molecule has 1 saturated carbocycles. The first-order chi connectivity index (χ1) is 12.9. The molecule has 152 valence electrons. The lowest BCUT2D eigenvalue weighted by molar-refractivity contribution is -0.116. The van der Waals surface area contributed by atoms with Gasteiger partial charge in [-0.2, -0.15) is 4.31 Å². The van der Waals surface area contributed by atoms with Gasteiger partial charge in [0.25, 0.3) is 0 Å². The van der Waals surface area contributed by atoms with Gasteiger partial charge in [-0.05, 0) is 43.5 Å². The number of amides is 1. The van der Waals surface area contributed by atoms with Gasteiger partial charge in [0.1, 0.15) is 0 Å². The molecule has 0 radical (unpaired) electrons. The minimum absolute atomic E-state index is 0.0126. The normalized spacial score (nSPS) is 15.8. The number of benzene rings is 1. The summed E-state index contributed by atoms with van der Waals surface area (Å²) in [5.74, 6) is -0.0126. The number of anilines is 1. The average molecular weight is 395 g/mol. The average Bonchev–Trinajstić information content (AvgIpc) is 2.68. The smallest absolute Gasteiger partial charge is 0.243 e. The Morgan fingerprint density at radius 3 is 2.30 bits per heavy atom. The van der Waals surface area contributed by atoms with Crippen LogP contribution in [0, 0.1) is 0 Å². The van der Waals surface area contributed by atoms with Crippen LogP contribution in [0.2, 0.25) is 0 Å². The van der Waals surface area contributed by atoms with Crippen LogP contribution in [0.25, 0.3) is 0 Å². The molecule has 0 spiro atoms. The largest absolute Gasteiger partial charge is 0.326 e. The molecule has 0 unspecified atom stereocenters. The molecule has 27 heavy (non-hydrogen) atoms. The minimum Gasteiger partial charge on any atom is -0.326 e. The highest BCUT2D eigenvalue weighted by Crippen LogP contribution is 2.27. The predicted octanol–water partition coefficient (Wildman–Crippen LogP) is 4.94. The second kappa shape index (κ2) is 10.8. The van der Waals surface area contributed by atoms with Crippen LogP contribution < -0.4 is 5.32 Å². The van der Waals surface area contributed by atoms with Crippen molar-refractivity contribution in [2.75, 3.05) is 12.4 Å². The van der Waals surface area contributed by atoms with Gasteiger partial charge in [-0.1, -0.05) is 51.9 Å². The monoisotopic (exact) mass is 394 g/mol. The van der Waals surface area contributed by atoms with E-state index in [1.165, 1.54) is 30.0 Å². The summed E-state index contributed by atoms with van der Waals surface area (Å²) in [6.07, 6.45) is 11.3. The van der Waals surface area contributed by atoms with Crippen LogP contribution >= 0.6 is 0 Å². The molecule has 1 N–H and O–H groups in total. The summed E-state index contributed by atoms with van der Waals surface area (Å²) in [7, 11) is -1.81. The lowest BCUT2D eigenvalue weighted by Crippen LogP contribution is -2.38. The van der Waals surface area contributed by atoms with Crippen molar-refractivity contribution in [3.05, 3.63) is 24.3 Å². The Kier molecular flexibility index (Phi) is 8.77. The summed E-state index contributed by atoms with van der Waals surface area (Å²) in [6.45, 7) is 2.17. The van der Waals surface area contributed by atoms with E-state index in [0.717, 1.165) is 38.5 Å². The van der Waals surface area contributed by atoms with E-state index in [0.29, 0.717) is 12.1 Å². The molecule has 0 bridgehead atoms. The number of carbonyl (C=O) groups excluding carboxylic acids is 1. The molecule has 1 aromatic carbocycles. The van der Waals surface area contributed by atoms with E-state index in [-0.39, 0.29) is 16.8 Å². The quantitative estimate of drug-likeness (QED) is 0.572. The van der Waals surface area contributed by atoms with Crippen molar-refractivity contribution in [2.45, 2.75) is 88.5 Å². The Balaban J connectivity index is 1.88. The zero-order chi connectivity index (χ0) is 19.7. The Bertz CT molecular complexity index is 680. The number of unbranched alkanes of at least 4 members (excludes halogenated alkanes) is 4. The molecule has 0 heterocycles. The Hall–Kier alpha value is -1.40. The molecule has 6 heteroatoms. The second-order valence-corrected chi connectivity index (χ2v) is 9.55. The molecule has 0 saturated heterocycles. The summed E-state index contributed by atoms with van der Waals surface area (Å²) in [5.41, 5.74) is 0.646. The molecule has 0 atom stereocenters. The van der Waals surface area contributed by atoms with Crippen molar-refractivity contribution in [3.63, 3.8) is 0 Å². The van der Waals surface area contributed by atoms with Crippen LogP contribution in [0.15, 0.2) is 29.2 Å². The fraction of sp³-hybridized carbons (Fsp3) is 0.667. The van der Waals surface area contributed by atoms with Crippen LogP contribution in [-0.2, 0) is 14.8 Å². The summed E-state index contributed by atoms with van der Waals surface area (Å²) in [5, 5.41) is 2.86. The van der Waals surface area contributed by atoms with Crippen LogP contribution in [0.5, 0.6) is 0 Å². The zero-order valence-corrected chi connectivity index (χ0v) is 17.6. The third-order valence-electron chi connectivity index (χ3n) is 5.41. The van der Waals surface area contributed by atoms with Crippen molar-refractivity contribution in [2.24, 2.45) is 0 Å². The van der Waals surface area contributed by atoms with Gasteiger partial charge in [0.2, 0.25) is 15.9 Å². The molecule has 1 aromatic rings. The molecule has 0 aliphatic heterocycles. The second-order valence-electron chi connectivity index (χ2n) is 7.55. The lowest BCUT2D eigenvalue weighted by Gasteiger charge is -2.30. The highest BCUT2D eigenvalue weighted by molar-refractivity contribution is 7.89. The van der Waals surface area contributed by atoms with Gasteiger partial charge in [-0.3, -0.25) is 4.79 Å². The van der Waals surface area contributed by atoms with Gasteiger partial charge >= 0.3 is 0 Å². The number of nitrogens with zero attached hydrogens (tertiary/aromatic N) is 1. The van der Waals surface area contributed by atoms with Crippen LogP contribution in [0.1, 0.15) is 77.6 Å². The van der Waals surface area contributed by atoms with E-state index in [9.17, 15) is 13.2 Å².